The van der Waals surface area contributed by atoms with Crippen molar-refractivity contribution in [1.82, 2.24) is 24.2 Å². The van der Waals surface area contributed by atoms with E-state index in [-0.39, 0.29) is 17.7 Å². The maximum absolute atomic E-state index is 12.6. The van der Waals surface area contributed by atoms with Gasteiger partial charge in [-0.05, 0) is 24.5 Å². The Hall–Kier alpha value is -2.98. The average Bonchev–Trinajstić information content (AvgIpc) is 3.12. The molecule has 1 fully saturated rings. The first kappa shape index (κ1) is 18.4. The smallest absolute Gasteiger partial charge is 0.236 e. The van der Waals surface area contributed by atoms with Gasteiger partial charge in [0.15, 0.2) is 11.5 Å². The van der Waals surface area contributed by atoms with Gasteiger partial charge in [-0.3, -0.25) is 0 Å². The molecule has 5 N–H and O–H groups in total. The minimum Gasteiger partial charge on any atom is -0.382 e. The molecule has 0 saturated carbocycles. The van der Waals surface area contributed by atoms with E-state index >= 15 is 0 Å². The van der Waals surface area contributed by atoms with Gasteiger partial charge in [0.1, 0.15) is 11.3 Å². The molecule has 2 aromatic heterocycles. The highest BCUT2D eigenvalue weighted by molar-refractivity contribution is 7.92. The van der Waals surface area contributed by atoms with Crippen molar-refractivity contribution in [2.45, 2.75) is 18.8 Å². The first-order chi connectivity index (χ1) is 13.4. The van der Waals surface area contributed by atoms with Crippen LogP contribution in [0.4, 0.5) is 11.8 Å². The summed E-state index contributed by atoms with van der Waals surface area (Å²) in [7, 11) is -3.46. The molecule has 1 aliphatic rings. The Morgan fingerprint density at radius 3 is 2.50 bits per heavy atom. The number of rotatable bonds is 4. The lowest BCUT2D eigenvalue weighted by Gasteiger charge is -2.29. The zero-order valence-electron chi connectivity index (χ0n) is 15.1. The Bertz CT molecular complexity index is 1120. The molecular formula is C18H21N7O2S. The summed E-state index contributed by atoms with van der Waals surface area (Å²) < 4.78 is 26.7. The molecule has 1 aromatic carbocycles. The molecule has 28 heavy (non-hydrogen) atoms. The van der Waals surface area contributed by atoms with Crippen LogP contribution in [-0.4, -0.2) is 45.7 Å². The van der Waals surface area contributed by atoms with Crippen molar-refractivity contribution in [1.29, 1.82) is 0 Å². The molecule has 4 rings (SSSR count). The molecule has 1 aliphatic heterocycles. The van der Waals surface area contributed by atoms with Crippen LogP contribution in [0.5, 0.6) is 0 Å². The average molecular weight is 399 g/mol. The highest BCUT2D eigenvalue weighted by Gasteiger charge is 2.29. The molecule has 10 heteroatoms. The van der Waals surface area contributed by atoms with Crippen LogP contribution in [0.3, 0.4) is 0 Å². The van der Waals surface area contributed by atoms with Crippen molar-refractivity contribution in [3.8, 4) is 0 Å². The van der Waals surface area contributed by atoms with E-state index in [4.69, 9.17) is 11.5 Å². The molecule has 9 nitrogen and oxygen atoms in total. The number of hydrogen-bond acceptors (Lipinski definition) is 7. The second-order valence-corrected chi connectivity index (χ2v) is 8.54. The number of H-pyrrole nitrogens is 1. The Morgan fingerprint density at radius 1 is 1.07 bits per heavy atom. The zero-order valence-corrected chi connectivity index (χ0v) is 15.9. The normalized spacial score (nSPS) is 16.9. The number of hydrogen-bond donors (Lipinski definition) is 3. The van der Waals surface area contributed by atoms with Gasteiger partial charge in [0.05, 0.1) is 0 Å². The van der Waals surface area contributed by atoms with Crippen LogP contribution in [0.2, 0.25) is 0 Å². The number of nitrogens with one attached hydrogen (secondary N) is 1. The van der Waals surface area contributed by atoms with Crippen molar-refractivity contribution in [3.63, 3.8) is 0 Å². The van der Waals surface area contributed by atoms with Crippen molar-refractivity contribution in [2.24, 2.45) is 0 Å². The van der Waals surface area contributed by atoms with E-state index in [1.165, 1.54) is 9.71 Å². The molecule has 0 radical (unpaired) electrons. The molecule has 0 amide bonds. The zero-order chi connectivity index (χ0) is 19.7. The highest BCUT2D eigenvalue weighted by Crippen LogP contribution is 2.29. The molecular weight excluding hydrogens is 378 g/mol. The summed E-state index contributed by atoms with van der Waals surface area (Å²) in [6.07, 6.45) is 2.93. The molecule has 0 atom stereocenters. The summed E-state index contributed by atoms with van der Waals surface area (Å²) in [5.74, 6) is 1.17. The standard InChI is InChI=1S/C18H21N7O2S/c19-15-14-17(24-18(20)22-15)23-16(21-14)13-6-9-25(10-7-13)28(26,27)11-8-12-4-2-1-3-5-12/h1-5,8,11,13H,6-7,9-10H2,(H5,19,20,21,22,23,24). The SMILES string of the molecule is Nc1nc(N)c2[nH]c(C3CCN(S(=O)(=O)C=Cc4ccccc4)CC3)nc2n1. The third-order valence-corrected chi connectivity index (χ3v) is 6.41. The molecule has 0 unspecified atom stereocenters. The van der Waals surface area contributed by atoms with Gasteiger partial charge < -0.3 is 16.5 Å². The van der Waals surface area contributed by atoms with Crippen molar-refractivity contribution in [2.75, 3.05) is 24.6 Å². The minimum atomic E-state index is -3.46. The van der Waals surface area contributed by atoms with Gasteiger partial charge in [0.2, 0.25) is 16.0 Å². The van der Waals surface area contributed by atoms with Crippen molar-refractivity contribution < 1.29 is 8.42 Å². The summed E-state index contributed by atoms with van der Waals surface area (Å²) >= 11 is 0. The second-order valence-electron chi connectivity index (χ2n) is 6.72. The number of imidazole rings is 1. The van der Waals surface area contributed by atoms with E-state index in [1.54, 1.807) is 6.08 Å². The van der Waals surface area contributed by atoms with Gasteiger partial charge in [-0.25, -0.2) is 13.4 Å². The molecule has 0 bridgehead atoms. The largest absolute Gasteiger partial charge is 0.382 e. The quantitative estimate of drug-likeness (QED) is 0.605. The van der Waals surface area contributed by atoms with Crippen LogP contribution in [0.1, 0.15) is 30.1 Å². The Labute approximate surface area is 162 Å². The lowest BCUT2D eigenvalue weighted by atomic mass is 9.97. The van der Waals surface area contributed by atoms with E-state index in [0.29, 0.717) is 37.1 Å². The summed E-state index contributed by atoms with van der Waals surface area (Å²) in [5.41, 5.74) is 13.3. The first-order valence-electron chi connectivity index (χ1n) is 8.94. The number of piperidine rings is 1. The Morgan fingerprint density at radius 2 is 1.79 bits per heavy atom. The van der Waals surface area contributed by atoms with Gasteiger partial charge in [0, 0.05) is 24.4 Å². The van der Waals surface area contributed by atoms with Gasteiger partial charge in [-0.1, -0.05) is 30.3 Å². The Balaban J connectivity index is 1.46. The third kappa shape index (κ3) is 3.69. The fourth-order valence-corrected chi connectivity index (χ4v) is 4.57. The van der Waals surface area contributed by atoms with E-state index in [2.05, 4.69) is 19.9 Å². The number of fused-ring (bicyclic) bond motifs is 1. The monoisotopic (exact) mass is 399 g/mol. The molecule has 0 spiro atoms. The fraction of sp³-hybridized carbons (Fsp3) is 0.278. The summed E-state index contributed by atoms with van der Waals surface area (Å²) in [6, 6.07) is 9.36. The highest BCUT2D eigenvalue weighted by atomic mass is 32.2. The summed E-state index contributed by atoms with van der Waals surface area (Å²) in [5, 5.41) is 1.27. The topological polar surface area (TPSA) is 144 Å². The van der Waals surface area contributed by atoms with E-state index in [9.17, 15) is 8.42 Å². The number of aromatic amines is 1. The number of benzene rings is 1. The summed E-state index contributed by atoms with van der Waals surface area (Å²) in [4.78, 5) is 15.7. The maximum Gasteiger partial charge on any atom is 0.236 e. The molecule has 146 valence electrons. The van der Waals surface area contributed by atoms with E-state index in [0.717, 1.165) is 11.4 Å². The molecule has 1 saturated heterocycles. The van der Waals surface area contributed by atoms with Crippen molar-refractivity contribution >= 4 is 39.0 Å². The lowest BCUT2D eigenvalue weighted by Crippen LogP contribution is -2.36. The van der Waals surface area contributed by atoms with E-state index in [1.807, 2.05) is 30.3 Å². The lowest BCUT2D eigenvalue weighted by molar-refractivity contribution is 0.317. The van der Waals surface area contributed by atoms with Crippen LogP contribution < -0.4 is 11.5 Å². The van der Waals surface area contributed by atoms with Gasteiger partial charge in [-0.15, -0.1) is 0 Å². The van der Waals surface area contributed by atoms with Gasteiger partial charge in [0.25, 0.3) is 0 Å². The number of sulfonamides is 1. The number of anilines is 2. The minimum absolute atomic E-state index is 0.0779. The van der Waals surface area contributed by atoms with E-state index < -0.39 is 10.0 Å². The summed E-state index contributed by atoms with van der Waals surface area (Å²) in [6.45, 7) is 0.846. The van der Waals surface area contributed by atoms with Crippen LogP contribution in [0.25, 0.3) is 17.2 Å². The van der Waals surface area contributed by atoms with Gasteiger partial charge >= 0.3 is 0 Å². The van der Waals surface area contributed by atoms with Gasteiger partial charge in [-0.2, -0.15) is 14.3 Å². The van der Waals surface area contributed by atoms with Crippen LogP contribution >= 0.6 is 0 Å². The van der Waals surface area contributed by atoms with Crippen molar-refractivity contribution in [3.05, 3.63) is 47.1 Å². The third-order valence-electron chi connectivity index (χ3n) is 4.85. The molecule has 0 aliphatic carbocycles. The number of nitrogens with two attached hydrogens (primary N) is 2. The van der Waals surface area contributed by atoms with Crippen LogP contribution in [-0.2, 0) is 10.0 Å². The first-order valence-corrected chi connectivity index (χ1v) is 10.4. The molecule has 3 aromatic rings. The molecule has 3 heterocycles. The Kier molecular flexibility index (Phi) is 4.73. The number of aromatic nitrogens is 4. The predicted molar refractivity (Wildman–Crippen MR) is 108 cm³/mol. The second kappa shape index (κ2) is 7.21. The number of nitrogens with zero attached hydrogens (tertiary/aromatic N) is 4. The predicted octanol–water partition coefficient (Wildman–Crippen LogP) is 1.70. The fourth-order valence-electron chi connectivity index (χ4n) is 3.35. The van der Waals surface area contributed by atoms with Crippen LogP contribution in [0, 0.1) is 0 Å². The number of nitrogen functional groups attached to an aromatic ring is 2. The van der Waals surface area contributed by atoms with Crippen LogP contribution in [0.15, 0.2) is 35.7 Å². The maximum atomic E-state index is 12.6.